The van der Waals surface area contributed by atoms with Gasteiger partial charge in [0.2, 0.25) is 6.08 Å². The minimum Gasteiger partial charge on any atom is -0.294 e. The number of carbonyl (C=O) groups is 1. The highest BCUT2D eigenvalue weighted by atomic mass is 16.1. The van der Waals surface area contributed by atoms with Gasteiger partial charge in [-0.2, -0.15) is 0 Å². The molecule has 1 atom stereocenters. The maximum absolute atomic E-state index is 11.8. The van der Waals surface area contributed by atoms with Crippen LogP contribution in [0.5, 0.6) is 0 Å². The predicted octanol–water partition coefficient (Wildman–Crippen LogP) is 2.62. The lowest BCUT2D eigenvalue weighted by Gasteiger charge is -2.13. The van der Waals surface area contributed by atoms with Crippen molar-refractivity contribution in [3.63, 3.8) is 0 Å². The summed E-state index contributed by atoms with van der Waals surface area (Å²) in [5.74, 6) is 0.174. The lowest BCUT2D eigenvalue weighted by atomic mass is 9.96. The minimum atomic E-state index is -0.273. The first-order chi connectivity index (χ1) is 7.65. The molecule has 0 amide bonds. The summed E-state index contributed by atoms with van der Waals surface area (Å²) in [6, 6.07) is 8.76. The highest BCUT2D eigenvalue weighted by molar-refractivity contribution is 5.96. The molecule has 0 heterocycles. The molecule has 0 saturated carbocycles. The SMILES string of the molecule is CC(C)[C@@H](CC(=O)c1ccccc1)N=C=O. The van der Waals surface area contributed by atoms with Gasteiger partial charge in [0.1, 0.15) is 0 Å². The molecule has 0 bridgehead atoms. The highest BCUT2D eigenvalue weighted by Gasteiger charge is 2.17. The van der Waals surface area contributed by atoms with Crippen molar-refractivity contribution < 1.29 is 9.59 Å². The van der Waals surface area contributed by atoms with E-state index in [9.17, 15) is 9.59 Å². The van der Waals surface area contributed by atoms with Crippen LogP contribution >= 0.6 is 0 Å². The molecule has 0 aliphatic rings. The van der Waals surface area contributed by atoms with Gasteiger partial charge in [-0.25, -0.2) is 9.79 Å². The quantitative estimate of drug-likeness (QED) is 0.432. The summed E-state index contributed by atoms with van der Waals surface area (Å²) >= 11 is 0. The van der Waals surface area contributed by atoms with Gasteiger partial charge in [-0.3, -0.25) is 4.79 Å². The molecule has 0 saturated heterocycles. The first kappa shape index (κ1) is 12.3. The van der Waals surface area contributed by atoms with Gasteiger partial charge in [-0.05, 0) is 5.92 Å². The van der Waals surface area contributed by atoms with Crippen LogP contribution in [0.2, 0.25) is 0 Å². The Hall–Kier alpha value is -1.73. The summed E-state index contributed by atoms with van der Waals surface area (Å²) < 4.78 is 0. The highest BCUT2D eigenvalue weighted by Crippen LogP contribution is 2.14. The first-order valence-electron chi connectivity index (χ1n) is 5.30. The molecule has 84 valence electrons. The smallest absolute Gasteiger partial charge is 0.235 e. The van der Waals surface area contributed by atoms with Gasteiger partial charge in [0.05, 0.1) is 6.04 Å². The van der Waals surface area contributed by atoms with E-state index in [1.54, 1.807) is 12.1 Å². The maximum Gasteiger partial charge on any atom is 0.235 e. The van der Waals surface area contributed by atoms with E-state index in [2.05, 4.69) is 4.99 Å². The standard InChI is InChI=1S/C13H15NO2/c1-10(2)12(14-9-15)8-13(16)11-6-4-3-5-7-11/h3-7,10,12H,8H2,1-2H3/t12-/m1/s1. The Labute approximate surface area is 95.2 Å². The maximum atomic E-state index is 11.8. The Morgan fingerprint density at radius 3 is 2.44 bits per heavy atom. The van der Waals surface area contributed by atoms with E-state index in [-0.39, 0.29) is 24.2 Å². The number of rotatable bonds is 5. The second kappa shape index (κ2) is 5.99. The van der Waals surface area contributed by atoms with Crippen LogP contribution in [-0.4, -0.2) is 17.9 Å². The van der Waals surface area contributed by atoms with Gasteiger partial charge in [-0.15, -0.1) is 0 Å². The molecule has 3 heteroatoms. The third kappa shape index (κ3) is 3.44. The average molecular weight is 217 g/mol. The molecule has 16 heavy (non-hydrogen) atoms. The minimum absolute atomic E-state index is 0.0123. The Balaban J connectivity index is 2.73. The fourth-order valence-corrected chi connectivity index (χ4v) is 1.43. The van der Waals surface area contributed by atoms with Crippen LogP contribution in [0, 0.1) is 5.92 Å². The number of nitrogens with zero attached hydrogens (tertiary/aromatic N) is 1. The Bertz CT molecular complexity index is 392. The molecule has 0 unspecified atom stereocenters. The number of isocyanates is 1. The normalized spacial score (nSPS) is 11.9. The van der Waals surface area contributed by atoms with Crippen LogP contribution in [0.3, 0.4) is 0 Å². The van der Waals surface area contributed by atoms with Crippen molar-refractivity contribution in [2.75, 3.05) is 0 Å². The van der Waals surface area contributed by atoms with Crippen LogP contribution in [0.4, 0.5) is 0 Å². The molecule has 1 aromatic carbocycles. The van der Waals surface area contributed by atoms with E-state index in [1.807, 2.05) is 32.0 Å². The lowest BCUT2D eigenvalue weighted by molar-refractivity contribution is 0.0968. The van der Waals surface area contributed by atoms with E-state index in [1.165, 1.54) is 6.08 Å². The van der Waals surface area contributed by atoms with Crippen LogP contribution in [0.25, 0.3) is 0 Å². The number of ketones is 1. The third-order valence-corrected chi connectivity index (χ3v) is 2.48. The molecule has 0 radical (unpaired) electrons. The summed E-state index contributed by atoms with van der Waals surface area (Å²) in [5, 5.41) is 0. The second-order valence-electron chi connectivity index (χ2n) is 4.03. The number of hydrogen-bond acceptors (Lipinski definition) is 3. The van der Waals surface area contributed by atoms with Crippen molar-refractivity contribution >= 4 is 11.9 Å². The number of Topliss-reactive ketones (excluding diaryl/α,β-unsaturated/α-hetero) is 1. The molecule has 0 fully saturated rings. The fourth-order valence-electron chi connectivity index (χ4n) is 1.43. The van der Waals surface area contributed by atoms with Crippen molar-refractivity contribution in [3.05, 3.63) is 35.9 Å². The van der Waals surface area contributed by atoms with Crippen LogP contribution in [0.1, 0.15) is 30.6 Å². The van der Waals surface area contributed by atoms with Crippen molar-refractivity contribution in [2.24, 2.45) is 10.9 Å². The van der Waals surface area contributed by atoms with E-state index in [0.717, 1.165) is 0 Å². The van der Waals surface area contributed by atoms with Crippen LogP contribution in [-0.2, 0) is 4.79 Å². The molecule has 0 N–H and O–H groups in total. The van der Waals surface area contributed by atoms with Crippen molar-refractivity contribution in [1.82, 2.24) is 0 Å². The molecular weight excluding hydrogens is 202 g/mol. The largest absolute Gasteiger partial charge is 0.294 e. The van der Waals surface area contributed by atoms with Gasteiger partial charge < -0.3 is 0 Å². The van der Waals surface area contributed by atoms with Crippen molar-refractivity contribution in [1.29, 1.82) is 0 Å². The molecule has 0 aliphatic carbocycles. The Kier molecular flexibility index (Phi) is 4.62. The summed E-state index contributed by atoms with van der Waals surface area (Å²) in [4.78, 5) is 25.7. The van der Waals surface area contributed by atoms with Gasteiger partial charge in [0.15, 0.2) is 5.78 Å². The molecule has 0 spiro atoms. The second-order valence-corrected chi connectivity index (χ2v) is 4.03. The van der Waals surface area contributed by atoms with Crippen LogP contribution < -0.4 is 0 Å². The summed E-state index contributed by atoms with van der Waals surface area (Å²) in [5.41, 5.74) is 0.661. The number of aliphatic imine (C=N–C) groups is 1. The zero-order valence-electron chi connectivity index (χ0n) is 9.51. The number of hydrogen-bond donors (Lipinski definition) is 0. The zero-order valence-corrected chi connectivity index (χ0v) is 9.51. The van der Waals surface area contributed by atoms with Crippen molar-refractivity contribution in [2.45, 2.75) is 26.3 Å². The van der Waals surface area contributed by atoms with E-state index in [4.69, 9.17) is 0 Å². The summed E-state index contributed by atoms with van der Waals surface area (Å²) in [6.07, 6.45) is 1.79. The summed E-state index contributed by atoms with van der Waals surface area (Å²) in [6.45, 7) is 3.87. The van der Waals surface area contributed by atoms with Crippen LogP contribution in [0.15, 0.2) is 35.3 Å². The number of carbonyl (C=O) groups excluding carboxylic acids is 2. The molecule has 3 nitrogen and oxygen atoms in total. The molecular formula is C13H15NO2. The average Bonchev–Trinajstić information content (AvgIpc) is 2.29. The lowest BCUT2D eigenvalue weighted by Crippen LogP contribution is -2.17. The number of benzene rings is 1. The molecule has 1 rings (SSSR count). The first-order valence-corrected chi connectivity index (χ1v) is 5.30. The monoisotopic (exact) mass is 217 g/mol. The zero-order chi connectivity index (χ0) is 12.0. The van der Waals surface area contributed by atoms with Gasteiger partial charge in [-0.1, -0.05) is 44.2 Å². The van der Waals surface area contributed by atoms with E-state index in [0.29, 0.717) is 5.56 Å². The molecule has 0 aliphatic heterocycles. The van der Waals surface area contributed by atoms with E-state index < -0.39 is 0 Å². The fraction of sp³-hybridized carbons (Fsp3) is 0.385. The topological polar surface area (TPSA) is 46.5 Å². The third-order valence-electron chi connectivity index (χ3n) is 2.48. The van der Waals surface area contributed by atoms with E-state index >= 15 is 0 Å². The predicted molar refractivity (Wildman–Crippen MR) is 62.1 cm³/mol. The Morgan fingerprint density at radius 1 is 1.31 bits per heavy atom. The summed E-state index contributed by atoms with van der Waals surface area (Å²) in [7, 11) is 0. The Morgan fingerprint density at radius 2 is 1.94 bits per heavy atom. The van der Waals surface area contributed by atoms with Gasteiger partial charge in [0.25, 0.3) is 0 Å². The van der Waals surface area contributed by atoms with Gasteiger partial charge in [0, 0.05) is 12.0 Å². The van der Waals surface area contributed by atoms with Gasteiger partial charge >= 0.3 is 0 Å². The molecule has 0 aromatic heterocycles. The van der Waals surface area contributed by atoms with Crippen molar-refractivity contribution in [3.8, 4) is 0 Å². The molecule has 1 aromatic rings.